The van der Waals surface area contributed by atoms with Crippen LogP contribution < -0.4 is 9.64 Å². The second-order valence-corrected chi connectivity index (χ2v) is 7.52. The quantitative estimate of drug-likeness (QED) is 0.461. The molecule has 1 amide bonds. The van der Waals surface area contributed by atoms with Crippen molar-refractivity contribution in [3.05, 3.63) is 58.8 Å². The number of benzene rings is 1. The van der Waals surface area contributed by atoms with Crippen molar-refractivity contribution in [1.82, 2.24) is 9.88 Å². The minimum absolute atomic E-state index is 0.109. The van der Waals surface area contributed by atoms with Gasteiger partial charge in [-0.2, -0.15) is 13.2 Å². The van der Waals surface area contributed by atoms with Crippen LogP contribution in [0.5, 0.6) is 5.75 Å². The van der Waals surface area contributed by atoms with Gasteiger partial charge in [0.15, 0.2) is 6.61 Å². The van der Waals surface area contributed by atoms with Crippen molar-refractivity contribution in [1.29, 1.82) is 0 Å². The predicted octanol–water partition coefficient (Wildman–Crippen LogP) is 3.67. The van der Waals surface area contributed by atoms with Gasteiger partial charge in [-0.3, -0.25) is 4.79 Å². The number of rotatable bonds is 6. The number of anilines is 1. The number of methoxy groups -OCH3 is 1. The molecule has 0 saturated carbocycles. The molecule has 1 aromatic heterocycles. The first-order valence-corrected chi connectivity index (χ1v) is 10.3. The molecule has 1 aliphatic rings. The highest BCUT2D eigenvalue weighted by Gasteiger charge is 2.32. The largest absolute Gasteiger partial charge is 0.497 e. The van der Waals surface area contributed by atoms with E-state index in [1.165, 1.54) is 11.0 Å². The number of esters is 1. The van der Waals surface area contributed by atoms with Crippen LogP contribution in [0.15, 0.2) is 42.6 Å². The summed E-state index contributed by atoms with van der Waals surface area (Å²) < 4.78 is 48.4. The van der Waals surface area contributed by atoms with Gasteiger partial charge in [-0.25, -0.2) is 9.78 Å². The molecule has 1 aliphatic heterocycles. The van der Waals surface area contributed by atoms with Crippen LogP contribution in [-0.4, -0.2) is 61.7 Å². The lowest BCUT2D eigenvalue weighted by molar-refractivity contribution is -0.148. The Kier molecular flexibility index (Phi) is 7.80. The van der Waals surface area contributed by atoms with Gasteiger partial charge in [0.1, 0.15) is 11.6 Å². The molecule has 1 saturated heterocycles. The van der Waals surface area contributed by atoms with Crippen LogP contribution >= 0.6 is 11.6 Å². The summed E-state index contributed by atoms with van der Waals surface area (Å²) in [6.07, 6.45) is -1.00. The fourth-order valence-electron chi connectivity index (χ4n) is 3.14. The first-order chi connectivity index (χ1) is 15.7. The van der Waals surface area contributed by atoms with E-state index < -0.39 is 24.3 Å². The van der Waals surface area contributed by atoms with Crippen molar-refractivity contribution in [2.45, 2.75) is 6.18 Å². The molecule has 0 N–H and O–H groups in total. The normalized spacial score (nSPS) is 14.5. The van der Waals surface area contributed by atoms with Gasteiger partial charge in [0, 0.05) is 38.5 Å². The van der Waals surface area contributed by atoms with Crippen LogP contribution in [0.2, 0.25) is 5.02 Å². The molecule has 2 heterocycles. The third-order valence-corrected chi connectivity index (χ3v) is 5.22. The maximum absolute atomic E-state index is 12.8. The van der Waals surface area contributed by atoms with Crippen LogP contribution in [0.4, 0.5) is 19.0 Å². The number of pyridine rings is 1. The van der Waals surface area contributed by atoms with Gasteiger partial charge in [-0.15, -0.1) is 0 Å². The zero-order chi connectivity index (χ0) is 24.0. The summed E-state index contributed by atoms with van der Waals surface area (Å²) in [7, 11) is 1.56. The van der Waals surface area contributed by atoms with E-state index in [4.69, 9.17) is 21.1 Å². The highest BCUT2D eigenvalue weighted by molar-refractivity contribution is 6.33. The number of hydrogen-bond acceptors (Lipinski definition) is 6. The van der Waals surface area contributed by atoms with Crippen molar-refractivity contribution in [2.75, 3.05) is 44.8 Å². The average molecular weight is 484 g/mol. The van der Waals surface area contributed by atoms with Crippen molar-refractivity contribution >= 4 is 35.4 Å². The number of carbonyl (C=O) groups is 2. The smallest absolute Gasteiger partial charge is 0.417 e. The molecule has 11 heteroatoms. The lowest BCUT2D eigenvalue weighted by Gasteiger charge is -2.35. The Morgan fingerprint density at radius 2 is 1.82 bits per heavy atom. The minimum Gasteiger partial charge on any atom is -0.497 e. The number of carbonyl (C=O) groups excluding carboxylic acids is 2. The van der Waals surface area contributed by atoms with Crippen LogP contribution in [0.1, 0.15) is 11.1 Å². The van der Waals surface area contributed by atoms with Gasteiger partial charge in [0.2, 0.25) is 0 Å². The Hall–Kier alpha value is -3.27. The molecule has 2 aromatic rings. The number of halogens is 4. The van der Waals surface area contributed by atoms with Crippen molar-refractivity contribution < 1.29 is 32.2 Å². The second kappa shape index (κ2) is 10.6. The summed E-state index contributed by atoms with van der Waals surface area (Å²) >= 11 is 5.99. The van der Waals surface area contributed by atoms with Crippen LogP contribution in [0.25, 0.3) is 6.08 Å². The molecule has 0 unspecified atom stereocenters. The molecule has 7 nitrogen and oxygen atoms in total. The molecular weight excluding hydrogens is 463 g/mol. The van der Waals surface area contributed by atoms with Crippen molar-refractivity contribution in [3.63, 3.8) is 0 Å². The average Bonchev–Trinajstić information content (AvgIpc) is 2.81. The molecule has 3 rings (SSSR count). The van der Waals surface area contributed by atoms with Gasteiger partial charge in [-0.05, 0) is 29.8 Å². The van der Waals surface area contributed by atoms with E-state index in [9.17, 15) is 22.8 Å². The number of nitrogens with zero attached hydrogens (tertiary/aromatic N) is 3. The van der Waals surface area contributed by atoms with E-state index in [1.807, 2.05) is 0 Å². The fourth-order valence-corrected chi connectivity index (χ4v) is 3.42. The molecule has 1 fully saturated rings. The molecule has 0 atom stereocenters. The molecule has 1 aromatic carbocycles. The maximum Gasteiger partial charge on any atom is 0.417 e. The number of aromatic nitrogens is 1. The fraction of sp³-hybridized carbons (Fsp3) is 0.318. The Morgan fingerprint density at radius 1 is 1.15 bits per heavy atom. The third kappa shape index (κ3) is 6.61. The van der Waals surface area contributed by atoms with Gasteiger partial charge < -0.3 is 19.3 Å². The van der Waals surface area contributed by atoms with E-state index in [0.717, 1.165) is 17.8 Å². The van der Waals surface area contributed by atoms with E-state index in [0.29, 0.717) is 18.8 Å². The molecule has 33 heavy (non-hydrogen) atoms. The van der Waals surface area contributed by atoms with Crippen LogP contribution in [0.3, 0.4) is 0 Å². The predicted molar refractivity (Wildman–Crippen MR) is 116 cm³/mol. The molecule has 0 radical (unpaired) electrons. The van der Waals surface area contributed by atoms with Gasteiger partial charge in [0.25, 0.3) is 5.91 Å². The van der Waals surface area contributed by atoms with E-state index in [-0.39, 0.29) is 29.8 Å². The van der Waals surface area contributed by atoms with E-state index >= 15 is 0 Å². The topological polar surface area (TPSA) is 72.0 Å². The third-order valence-electron chi connectivity index (χ3n) is 4.95. The van der Waals surface area contributed by atoms with Gasteiger partial charge in [0.05, 0.1) is 17.7 Å². The summed E-state index contributed by atoms with van der Waals surface area (Å²) in [5, 5.41) is -0.109. The van der Waals surface area contributed by atoms with Crippen molar-refractivity contribution in [2.24, 2.45) is 0 Å². The van der Waals surface area contributed by atoms with Gasteiger partial charge in [-0.1, -0.05) is 23.7 Å². The second-order valence-electron chi connectivity index (χ2n) is 7.11. The monoisotopic (exact) mass is 483 g/mol. The molecule has 0 aliphatic carbocycles. The SMILES string of the molecule is COc1ccc(/C=C/C(=O)OCC(=O)N2CCN(c3ncc(C(F)(F)F)cc3Cl)CC2)cc1. The summed E-state index contributed by atoms with van der Waals surface area (Å²) in [5.74, 6) is -0.102. The van der Waals surface area contributed by atoms with E-state index in [1.54, 1.807) is 42.4 Å². The first kappa shape index (κ1) is 24.4. The Labute approximate surface area is 193 Å². The highest BCUT2D eigenvalue weighted by Crippen LogP contribution is 2.33. The molecule has 0 bridgehead atoms. The molecule has 176 valence electrons. The van der Waals surface area contributed by atoms with Crippen molar-refractivity contribution in [3.8, 4) is 5.75 Å². The summed E-state index contributed by atoms with van der Waals surface area (Å²) in [6, 6.07) is 7.87. The molecule has 0 spiro atoms. The highest BCUT2D eigenvalue weighted by atomic mass is 35.5. The number of ether oxygens (including phenoxy) is 2. The summed E-state index contributed by atoms with van der Waals surface area (Å²) in [6.45, 7) is 0.823. The van der Waals surface area contributed by atoms with E-state index in [2.05, 4.69) is 4.98 Å². The Balaban J connectivity index is 1.46. The number of alkyl halides is 3. The summed E-state index contributed by atoms with van der Waals surface area (Å²) in [5.41, 5.74) is -0.154. The lowest BCUT2D eigenvalue weighted by atomic mass is 10.2. The summed E-state index contributed by atoms with van der Waals surface area (Å²) in [4.78, 5) is 31.3. The standard InChI is InChI=1S/C22H21ClF3N3O4/c1-32-17-5-2-15(3-6-17)4-7-20(31)33-14-19(30)28-8-10-29(11-9-28)21-18(23)12-16(13-27-21)22(24,25)26/h2-7,12-13H,8-11,14H2,1H3/b7-4+. The number of hydrogen-bond donors (Lipinski definition) is 0. The Morgan fingerprint density at radius 3 is 2.39 bits per heavy atom. The minimum atomic E-state index is -4.53. The number of piperazine rings is 1. The van der Waals surface area contributed by atoms with Crippen LogP contribution in [0, 0.1) is 0 Å². The zero-order valence-corrected chi connectivity index (χ0v) is 18.4. The Bertz CT molecular complexity index is 1020. The molecular formula is C22H21ClF3N3O4. The van der Waals surface area contributed by atoms with Crippen LogP contribution in [-0.2, 0) is 20.5 Å². The lowest BCUT2D eigenvalue weighted by Crippen LogP contribution is -2.50. The number of amides is 1. The van der Waals surface area contributed by atoms with Gasteiger partial charge >= 0.3 is 12.1 Å². The zero-order valence-electron chi connectivity index (χ0n) is 17.6. The first-order valence-electron chi connectivity index (χ1n) is 9.91. The maximum atomic E-state index is 12.8.